The summed E-state index contributed by atoms with van der Waals surface area (Å²) in [6.07, 6.45) is 16.0. The van der Waals surface area contributed by atoms with Crippen molar-refractivity contribution < 1.29 is 4.79 Å². The smallest absolute Gasteiger partial charge is 0.123 e. The molecule has 2 saturated carbocycles. The van der Waals surface area contributed by atoms with Crippen LogP contribution in [0.2, 0.25) is 0 Å². The van der Waals surface area contributed by atoms with Gasteiger partial charge in [0.1, 0.15) is 6.29 Å². The third kappa shape index (κ3) is 2.74. The molecule has 0 amide bonds. The molecule has 0 aromatic heterocycles. The highest BCUT2D eigenvalue weighted by Crippen LogP contribution is 2.49. The lowest BCUT2D eigenvalue weighted by molar-refractivity contribution is -0.119. The Morgan fingerprint density at radius 3 is 2.18 bits per heavy atom. The van der Waals surface area contributed by atoms with E-state index in [1.54, 1.807) is 0 Å². The van der Waals surface area contributed by atoms with Gasteiger partial charge in [-0.3, -0.25) is 0 Å². The van der Waals surface area contributed by atoms with Crippen LogP contribution < -0.4 is 0 Å². The van der Waals surface area contributed by atoms with E-state index >= 15 is 0 Å². The molecular weight excluding hydrogens is 208 g/mol. The first kappa shape index (κ1) is 13.1. The van der Waals surface area contributed by atoms with Gasteiger partial charge in [-0.15, -0.1) is 0 Å². The van der Waals surface area contributed by atoms with Crippen LogP contribution in [-0.2, 0) is 4.79 Å². The molecule has 0 aromatic rings. The number of hydrogen-bond acceptors (Lipinski definition) is 1. The van der Waals surface area contributed by atoms with Crippen molar-refractivity contribution >= 4 is 6.29 Å². The monoisotopic (exact) mass is 236 g/mol. The lowest BCUT2D eigenvalue weighted by Crippen LogP contribution is -2.38. The molecule has 98 valence electrons. The molecule has 1 unspecified atom stereocenters. The van der Waals surface area contributed by atoms with Crippen molar-refractivity contribution in [1.29, 1.82) is 0 Å². The Bertz CT molecular complexity index is 234. The molecule has 2 aliphatic carbocycles. The molecule has 0 saturated heterocycles. The van der Waals surface area contributed by atoms with Gasteiger partial charge in [-0.25, -0.2) is 0 Å². The molecule has 0 aromatic carbocycles. The van der Waals surface area contributed by atoms with Gasteiger partial charge in [-0.2, -0.15) is 0 Å². The molecule has 2 aliphatic rings. The van der Waals surface area contributed by atoms with Crippen LogP contribution >= 0.6 is 0 Å². The van der Waals surface area contributed by atoms with Crippen molar-refractivity contribution in [2.45, 2.75) is 77.6 Å². The summed E-state index contributed by atoms with van der Waals surface area (Å²) in [5.41, 5.74) is 0.377. The van der Waals surface area contributed by atoms with Crippen LogP contribution in [0.25, 0.3) is 0 Å². The van der Waals surface area contributed by atoms with Crippen molar-refractivity contribution in [2.24, 2.45) is 17.3 Å². The van der Waals surface area contributed by atoms with Crippen LogP contribution in [-0.4, -0.2) is 6.29 Å². The molecule has 1 heteroatoms. The molecule has 0 heterocycles. The van der Waals surface area contributed by atoms with Crippen LogP contribution in [0.15, 0.2) is 0 Å². The molecule has 0 N–H and O–H groups in total. The standard InChI is InChI=1S/C16H28O/c1-2-16(11-7-4-8-12-16)15(13-17)14-9-5-3-6-10-14/h13-15H,2-12H2,1H3. The van der Waals surface area contributed by atoms with Crippen LogP contribution in [0.4, 0.5) is 0 Å². The van der Waals surface area contributed by atoms with E-state index < -0.39 is 0 Å². The number of rotatable bonds is 4. The van der Waals surface area contributed by atoms with E-state index in [1.807, 2.05) is 0 Å². The molecule has 2 fully saturated rings. The molecule has 0 bridgehead atoms. The van der Waals surface area contributed by atoms with Gasteiger partial charge in [0.25, 0.3) is 0 Å². The Morgan fingerprint density at radius 2 is 1.65 bits per heavy atom. The molecular formula is C16H28O. The molecule has 0 radical (unpaired) electrons. The first-order chi connectivity index (χ1) is 8.32. The zero-order chi connectivity index (χ0) is 12.1. The first-order valence-corrected chi connectivity index (χ1v) is 7.78. The van der Waals surface area contributed by atoms with E-state index in [2.05, 4.69) is 6.92 Å². The third-order valence-electron chi connectivity index (χ3n) is 5.56. The maximum Gasteiger partial charge on any atom is 0.123 e. The summed E-state index contributed by atoms with van der Waals surface area (Å²) >= 11 is 0. The van der Waals surface area contributed by atoms with Gasteiger partial charge in [-0.05, 0) is 43.4 Å². The van der Waals surface area contributed by atoms with Gasteiger partial charge >= 0.3 is 0 Å². The zero-order valence-corrected chi connectivity index (χ0v) is 11.4. The van der Waals surface area contributed by atoms with E-state index in [0.29, 0.717) is 17.3 Å². The SMILES string of the molecule is CCC1(C(C=O)C2CCCCC2)CCCCC1. The average molecular weight is 236 g/mol. The normalized spacial score (nSPS) is 27.6. The van der Waals surface area contributed by atoms with Crippen LogP contribution in [0, 0.1) is 17.3 Å². The summed E-state index contributed by atoms with van der Waals surface area (Å²) in [6.45, 7) is 2.31. The van der Waals surface area contributed by atoms with E-state index in [-0.39, 0.29) is 0 Å². The van der Waals surface area contributed by atoms with E-state index in [0.717, 1.165) is 0 Å². The summed E-state index contributed by atoms with van der Waals surface area (Å²) < 4.78 is 0. The van der Waals surface area contributed by atoms with Crippen LogP contribution in [0.3, 0.4) is 0 Å². The molecule has 1 atom stereocenters. The predicted molar refractivity (Wildman–Crippen MR) is 71.9 cm³/mol. The van der Waals surface area contributed by atoms with Crippen molar-refractivity contribution in [3.63, 3.8) is 0 Å². The Balaban J connectivity index is 2.10. The molecule has 17 heavy (non-hydrogen) atoms. The highest BCUT2D eigenvalue weighted by molar-refractivity contribution is 5.56. The zero-order valence-electron chi connectivity index (χ0n) is 11.4. The Hall–Kier alpha value is -0.330. The fourth-order valence-electron chi connectivity index (χ4n) is 4.43. The summed E-state index contributed by atoms with van der Waals surface area (Å²) in [4.78, 5) is 11.7. The lowest BCUT2D eigenvalue weighted by atomic mass is 9.59. The molecule has 0 spiro atoms. The van der Waals surface area contributed by atoms with E-state index in [9.17, 15) is 4.79 Å². The average Bonchev–Trinajstić information content (AvgIpc) is 2.42. The summed E-state index contributed by atoms with van der Waals surface area (Å²) in [5, 5.41) is 0. The topological polar surface area (TPSA) is 17.1 Å². The highest BCUT2D eigenvalue weighted by Gasteiger charge is 2.42. The van der Waals surface area contributed by atoms with Crippen LogP contribution in [0.5, 0.6) is 0 Å². The third-order valence-corrected chi connectivity index (χ3v) is 5.56. The van der Waals surface area contributed by atoms with E-state index in [4.69, 9.17) is 0 Å². The fraction of sp³-hybridized carbons (Fsp3) is 0.938. The highest BCUT2D eigenvalue weighted by atomic mass is 16.1. The van der Waals surface area contributed by atoms with Gasteiger partial charge in [0.15, 0.2) is 0 Å². The van der Waals surface area contributed by atoms with E-state index in [1.165, 1.54) is 76.9 Å². The van der Waals surface area contributed by atoms with Crippen LogP contribution in [0.1, 0.15) is 77.6 Å². The molecule has 2 rings (SSSR count). The largest absolute Gasteiger partial charge is 0.303 e. The van der Waals surface area contributed by atoms with Crippen molar-refractivity contribution in [3.8, 4) is 0 Å². The van der Waals surface area contributed by atoms with Crippen molar-refractivity contribution in [3.05, 3.63) is 0 Å². The minimum Gasteiger partial charge on any atom is -0.303 e. The second-order valence-electron chi connectivity index (χ2n) is 6.34. The summed E-state index contributed by atoms with van der Waals surface area (Å²) in [7, 11) is 0. The quantitative estimate of drug-likeness (QED) is 0.644. The van der Waals surface area contributed by atoms with Gasteiger partial charge in [0, 0.05) is 5.92 Å². The van der Waals surface area contributed by atoms with Crippen molar-refractivity contribution in [1.82, 2.24) is 0 Å². The Kier molecular flexibility index (Phi) is 4.64. The minimum absolute atomic E-state index is 0.369. The van der Waals surface area contributed by atoms with Gasteiger partial charge in [0.05, 0.1) is 0 Å². The Labute approximate surface area is 106 Å². The summed E-state index contributed by atoms with van der Waals surface area (Å²) in [5.74, 6) is 1.08. The number of hydrogen-bond donors (Lipinski definition) is 0. The summed E-state index contributed by atoms with van der Waals surface area (Å²) in [6, 6.07) is 0. The minimum atomic E-state index is 0.369. The Morgan fingerprint density at radius 1 is 1.06 bits per heavy atom. The molecule has 1 nitrogen and oxygen atoms in total. The maximum absolute atomic E-state index is 11.7. The number of carbonyl (C=O) groups excluding carboxylic acids is 1. The van der Waals surface area contributed by atoms with Crippen molar-refractivity contribution in [2.75, 3.05) is 0 Å². The van der Waals surface area contributed by atoms with Gasteiger partial charge < -0.3 is 4.79 Å². The number of carbonyl (C=O) groups is 1. The maximum atomic E-state index is 11.7. The second kappa shape index (κ2) is 6.02. The second-order valence-corrected chi connectivity index (χ2v) is 6.34. The van der Waals surface area contributed by atoms with Gasteiger partial charge in [0.2, 0.25) is 0 Å². The predicted octanol–water partition coefficient (Wildman–Crippen LogP) is 4.74. The number of aldehydes is 1. The molecule has 0 aliphatic heterocycles. The first-order valence-electron chi connectivity index (χ1n) is 7.78. The van der Waals surface area contributed by atoms with Gasteiger partial charge in [-0.1, -0.05) is 45.4 Å². The fourth-order valence-corrected chi connectivity index (χ4v) is 4.43. The lowest BCUT2D eigenvalue weighted by Gasteiger charge is -2.45.